The molecule has 8 heteroatoms. The Balaban J connectivity index is 1.95. The molecule has 3 atom stereocenters. The van der Waals surface area contributed by atoms with E-state index in [4.69, 9.17) is 5.21 Å². The van der Waals surface area contributed by atoms with Crippen LogP contribution in [0.3, 0.4) is 0 Å². The van der Waals surface area contributed by atoms with Gasteiger partial charge in [0.2, 0.25) is 5.91 Å². The van der Waals surface area contributed by atoms with Gasteiger partial charge >= 0.3 is 6.18 Å². The summed E-state index contributed by atoms with van der Waals surface area (Å²) in [7, 11) is 1.71. The molecule has 1 aliphatic rings. The van der Waals surface area contributed by atoms with Crippen LogP contribution in [0, 0.1) is 5.92 Å². The first kappa shape index (κ1) is 15.5. The van der Waals surface area contributed by atoms with Gasteiger partial charge in [0.25, 0.3) is 0 Å². The molecule has 1 fully saturated rings. The lowest BCUT2D eigenvalue weighted by molar-refractivity contribution is -0.137. The highest BCUT2D eigenvalue weighted by Crippen LogP contribution is 2.60. The molecule has 0 radical (unpaired) electrons. The highest BCUT2D eigenvalue weighted by molar-refractivity contribution is 5.84. The Labute approximate surface area is 129 Å². The number of carbonyl (C=O) groups is 1. The molecule has 1 saturated carbocycles. The summed E-state index contributed by atoms with van der Waals surface area (Å²) in [5.41, 5.74) is 2.01. The molecule has 1 aromatic carbocycles. The predicted molar refractivity (Wildman–Crippen MR) is 73.6 cm³/mol. The monoisotopic (exact) mass is 325 g/mol. The van der Waals surface area contributed by atoms with Gasteiger partial charge in [0.15, 0.2) is 0 Å². The van der Waals surface area contributed by atoms with E-state index in [1.807, 2.05) is 0 Å². The van der Waals surface area contributed by atoms with Gasteiger partial charge in [-0.15, -0.1) is 0 Å². The van der Waals surface area contributed by atoms with Crippen LogP contribution in [0.2, 0.25) is 0 Å². The molecule has 1 amide bonds. The van der Waals surface area contributed by atoms with Crippen molar-refractivity contribution in [3.8, 4) is 0 Å². The van der Waals surface area contributed by atoms with E-state index in [-0.39, 0.29) is 5.92 Å². The normalized spacial score (nSPS) is 23.6. The molecule has 23 heavy (non-hydrogen) atoms. The van der Waals surface area contributed by atoms with E-state index in [9.17, 15) is 18.0 Å². The lowest BCUT2D eigenvalue weighted by Gasteiger charge is -2.08. The van der Waals surface area contributed by atoms with Crippen LogP contribution in [0.5, 0.6) is 0 Å². The largest absolute Gasteiger partial charge is 0.416 e. The van der Waals surface area contributed by atoms with E-state index in [0.29, 0.717) is 5.56 Å². The van der Waals surface area contributed by atoms with Crippen LogP contribution in [0.1, 0.15) is 28.5 Å². The SMILES string of the molecule is Cn1cc([C@H]2[C@H](C(=O)NO)[C@@H]2c2cccc(C(F)(F)F)c2)cn1. The van der Waals surface area contributed by atoms with Crippen LogP contribution in [-0.2, 0) is 18.0 Å². The molecule has 0 bridgehead atoms. The molecule has 3 rings (SSSR count). The van der Waals surface area contributed by atoms with Crippen LogP contribution in [-0.4, -0.2) is 20.9 Å². The number of halogens is 3. The number of hydrogen-bond acceptors (Lipinski definition) is 3. The average molecular weight is 325 g/mol. The Morgan fingerprint density at radius 2 is 2.00 bits per heavy atom. The number of aryl methyl sites for hydroxylation is 1. The fourth-order valence-electron chi connectivity index (χ4n) is 3.08. The number of carbonyl (C=O) groups excluding carboxylic acids is 1. The summed E-state index contributed by atoms with van der Waals surface area (Å²) < 4.78 is 40.2. The van der Waals surface area contributed by atoms with Crippen molar-refractivity contribution >= 4 is 5.91 Å². The summed E-state index contributed by atoms with van der Waals surface area (Å²) in [5.74, 6) is -1.96. The van der Waals surface area contributed by atoms with Crippen molar-refractivity contribution in [1.82, 2.24) is 15.3 Å². The van der Waals surface area contributed by atoms with Crippen molar-refractivity contribution < 1.29 is 23.2 Å². The zero-order valence-electron chi connectivity index (χ0n) is 12.1. The molecule has 0 spiro atoms. The van der Waals surface area contributed by atoms with E-state index in [0.717, 1.165) is 17.7 Å². The maximum Gasteiger partial charge on any atom is 0.416 e. The lowest BCUT2D eigenvalue weighted by Crippen LogP contribution is -2.21. The van der Waals surface area contributed by atoms with Crippen molar-refractivity contribution in [2.24, 2.45) is 13.0 Å². The Morgan fingerprint density at radius 3 is 2.57 bits per heavy atom. The Kier molecular flexibility index (Phi) is 3.63. The fourth-order valence-corrected chi connectivity index (χ4v) is 3.08. The predicted octanol–water partition coefficient (Wildman–Crippen LogP) is 2.44. The van der Waals surface area contributed by atoms with Crippen molar-refractivity contribution in [2.75, 3.05) is 0 Å². The molecule has 0 saturated heterocycles. The molecule has 0 aliphatic heterocycles. The molecular weight excluding hydrogens is 311 g/mol. The molecule has 1 aromatic heterocycles. The summed E-state index contributed by atoms with van der Waals surface area (Å²) >= 11 is 0. The second kappa shape index (κ2) is 5.38. The van der Waals surface area contributed by atoms with Crippen LogP contribution in [0.15, 0.2) is 36.7 Å². The first-order valence-electron chi connectivity index (χ1n) is 6.92. The third-order valence-corrected chi connectivity index (χ3v) is 4.14. The van der Waals surface area contributed by atoms with Crippen LogP contribution < -0.4 is 5.48 Å². The summed E-state index contributed by atoms with van der Waals surface area (Å²) in [5, 5.41) is 12.9. The number of benzene rings is 1. The molecule has 0 unspecified atom stereocenters. The third-order valence-electron chi connectivity index (χ3n) is 4.14. The van der Waals surface area contributed by atoms with Crippen LogP contribution >= 0.6 is 0 Å². The number of rotatable bonds is 3. The fraction of sp³-hybridized carbons (Fsp3) is 0.333. The lowest BCUT2D eigenvalue weighted by atomic mass is 10.0. The van der Waals surface area contributed by atoms with Crippen LogP contribution in [0.4, 0.5) is 13.2 Å². The summed E-state index contributed by atoms with van der Waals surface area (Å²) in [6.45, 7) is 0. The summed E-state index contributed by atoms with van der Waals surface area (Å²) in [6.07, 6.45) is -1.14. The smallest absolute Gasteiger partial charge is 0.289 e. The van der Waals surface area contributed by atoms with Gasteiger partial charge in [-0.1, -0.05) is 18.2 Å². The number of nitrogens with zero attached hydrogens (tertiary/aromatic N) is 2. The van der Waals surface area contributed by atoms with Gasteiger partial charge in [-0.2, -0.15) is 18.3 Å². The van der Waals surface area contributed by atoms with Gasteiger partial charge in [-0.05, 0) is 17.2 Å². The zero-order chi connectivity index (χ0) is 16.8. The topological polar surface area (TPSA) is 67.2 Å². The van der Waals surface area contributed by atoms with E-state index in [1.165, 1.54) is 6.07 Å². The van der Waals surface area contributed by atoms with E-state index in [2.05, 4.69) is 5.10 Å². The Hall–Kier alpha value is -2.35. The Morgan fingerprint density at radius 1 is 1.30 bits per heavy atom. The second-order valence-electron chi connectivity index (χ2n) is 5.62. The van der Waals surface area contributed by atoms with E-state index in [1.54, 1.807) is 35.7 Å². The number of nitrogens with one attached hydrogen (secondary N) is 1. The molecule has 1 aliphatic carbocycles. The number of hydroxylamine groups is 1. The first-order valence-corrected chi connectivity index (χ1v) is 6.92. The highest BCUT2D eigenvalue weighted by Gasteiger charge is 2.56. The van der Waals surface area contributed by atoms with Gasteiger partial charge in [0, 0.05) is 25.1 Å². The zero-order valence-corrected chi connectivity index (χ0v) is 12.1. The quantitative estimate of drug-likeness (QED) is 0.673. The van der Waals surface area contributed by atoms with Gasteiger partial charge in [0.05, 0.1) is 17.7 Å². The molecule has 2 aromatic rings. The Bertz CT molecular complexity index is 742. The van der Waals surface area contributed by atoms with Crippen molar-refractivity contribution in [2.45, 2.75) is 18.0 Å². The maximum atomic E-state index is 12.9. The van der Waals surface area contributed by atoms with Gasteiger partial charge in [-0.3, -0.25) is 14.7 Å². The van der Waals surface area contributed by atoms with Crippen molar-refractivity contribution in [3.63, 3.8) is 0 Å². The molecule has 2 N–H and O–H groups in total. The van der Waals surface area contributed by atoms with Gasteiger partial charge in [-0.25, -0.2) is 5.48 Å². The highest BCUT2D eigenvalue weighted by atomic mass is 19.4. The number of amides is 1. The van der Waals surface area contributed by atoms with Gasteiger partial charge < -0.3 is 0 Å². The average Bonchev–Trinajstić information content (AvgIpc) is 3.12. The molecular formula is C15H14F3N3O2. The van der Waals surface area contributed by atoms with E-state index >= 15 is 0 Å². The minimum atomic E-state index is -4.44. The minimum absolute atomic E-state index is 0.306. The van der Waals surface area contributed by atoms with Gasteiger partial charge in [0.1, 0.15) is 0 Å². The van der Waals surface area contributed by atoms with E-state index < -0.39 is 29.5 Å². The second-order valence-corrected chi connectivity index (χ2v) is 5.62. The molecule has 122 valence electrons. The molecule has 5 nitrogen and oxygen atoms in total. The summed E-state index contributed by atoms with van der Waals surface area (Å²) in [4.78, 5) is 11.8. The minimum Gasteiger partial charge on any atom is -0.289 e. The first-order chi connectivity index (χ1) is 10.8. The number of alkyl halides is 3. The number of hydrogen-bond donors (Lipinski definition) is 2. The summed E-state index contributed by atoms with van der Waals surface area (Å²) in [6, 6.07) is 4.93. The van der Waals surface area contributed by atoms with Crippen molar-refractivity contribution in [3.05, 3.63) is 53.3 Å². The maximum absolute atomic E-state index is 12.9. The van der Waals surface area contributed by atoms with Crippen molar-refractivity contribution in [1.29, 1.82) is 0 Å². The standard InChI is InChI=1S/C15H14F3N3O2/c1-21-7-9(6-19-21)12-11(13(12)14(22)20-23)8-3-2-4-10(5-8)15(16,17)18/h2-7,11-13,23H,1H3,(H,20,22)/t11-,12-,13-/m1/s1. The molecule has 1 heterocycles. The third kappa shape index (κ3) is 2.81. The van der Waals surface area contributed by atoms with Crippen LogP contribution in [0.25, 0.3) is 0 Å². The number of aromatic nitrogens is 2.